The van der Waals surface area contributed by atoms with Crippen LogP contribution in [-0.2, 0) is 5.06 Å². The van der Waals surface area contributed by atoms with Crippen molar-refractivity contribution < 1.29 is 5.11 Å². The highest BCUT2D eigenvalue weighted by Crippen LogP contribution is 2.28. The van der Waals surface area contributed by atoms with E-state index in [1.807, 2.05) is 6.92 Å². The highest BCUT2D eigenvalue weighted by atomic mass is 35.5. The zero-order chi connectivity index (χ0) is 8.32. The van der Waals surface area contributed by atoms with E-state index >= 15 is 0 Å². The molecule has 1 unspecified atom stereocenters. The van der Waals surface area contributed by atoms with Crippen LogP contribution in [0.2, 0.25) is 0 Å². The fourth-order valence-electron chi connectivity index (χ4n) is 0.811. The molecule has 0 aliphatic heterocycles. The minimum atomic E-state index is -1.23. The largest absolute Gasteiger partial charge is 0.371 e. The number of alkyl halides is 1. The second-order valence-electron chi connectivity index (χ2n) is 2.35. The van der Waals surface area contributed by atoms with Crippen LogP contribution in [0.15, 0.2) is 24.5 Å². The molecule has 1 N–H and O–H groups in total. The maximum atomic E-state index is 9.53. The van der Waals surface area contributed by atoms with E-state index in [9.17, 15) is 5.11 Å². The van der Waals surface area contributed by atoms with E-state index in [4.69, 9.17) is 11.6 Å². The van der Waals surface area contributed by atoms with E-state index in [-0.39, 0.29) is 0 Å². The summed E-state index contributed by atoms with van der Waals surface area (Å²) in [5.41, 5.74) is 0.691. The summed E-state index contributed by atoms with van der Waals surface area (Å²) in [6.07, 6.45) is 3.70. The Bertz CT molecular complexity index is 223. The van der Waals surface area contributed by atoms with Crippen molar-refractivity contribution in [1.29, 1.82) is 0 Å². The fraction of sp³-hybridized carbons (Fsp3) is 0.375. The molecule has 11 heavy (non-hydrogen) atoms. The van der Waals surface area contributed by atoms with E-state index < -0.39 is 5.06 Å². The van der Waals surface area contributed by atoms with Gasteiger partial charge in [0, 0.05) is 18.0 Å². The van der Waals surface area contributed by atoms with Gasteiger partial charge in [-0.25, -0.2) is 0 Å². The van der Waals surface area contributed by atoms with Gasteiger partial charge in [0.1, 0.15) is 0 Å². The minimum absolute atomic E-state index is 0.485. The first kappa shape index (κ1) is 8.50. The molecule has 3 heteroatoms. The van der Waals surface area contributed by atoms with Gasteiger partial charge in [0.05, 0.1) is 0 Å². The number of pyridine rings is 1. The third kappa shape index (κ3) is 1.91. The molecule has 60 valence electrons. The normalized spacial score (nSPS) is 15.9. The molecule has 1 aromatic rings. The molecule has 0 spiro atoms. The van der Waals surface area contributed by atoms with Crippen LogP contribution in [0.25, 0.3) is 0 Å². The Kier molecular flexibility index (Phi) is 2.47. The second-order valence-corrected chi connectivity index (χ2v) is 2.97. The molecule has 0 bridgehead atoms. The SMILES string of the molecule is CCC(O)(Cl)c1ccncc1. The molecule has 0 fully saturated rings. The van der Waals surface area contributed by atoms with Gasteiger partial charge in [-0.15, -0.1) is 0 Å². The van der Waals surface area contributed by atoms with Crippen LogP contribution in [0, 0.1) is 0 Å². The monoisotopic (exact) mass is 171 g/mol. The molecule has 1 aromatic heterocycles. The van der Waals surface area contributed by atoms with E-state index in [1.165, 1.54) is 0 Å². The van der Waals surface area contributed by atoms with Gasteiger partial charge >= 0.3 is 0 Å². The Hall–Kier alpha value is -0.600. The molecule has 0 aliphatic carbocycles. The number of aromatic nitrogens is 1. The highest BCUT2D eigenvalue weighted by Gasteiger charge is 2.22. The first-order valence-corrected chi connectivity index (χ1v) is 3.86. The predicted molar refractivity (Wildman–Crippen MR) is 44.3 cm³/mol. The van der Waals surface area contributed by atoms with Gasteiger partial charge in [0.25, 0.3) is 0 Å². The van der Waals surface area contributed by atoms with E-state index in [0.717, 1.165) is 0 Å². The van der Waals surface area contributed by atoms with Gasteiger partial charge < -0.3 is 5.11 Å². The van der Waals surface area contributed by atoms with Crippen LogP contribution < -0.4 is 0 Å². The molecule has 1 atom stereocenters. The first-order chi connectivity index (χ1) is 5.17. The van der Waals surface area contributed by atoms with E-state index in [0.29, 0.717) is 12.0 Å². The lowest BCUT2D eigenvalue weighted by Crippen LogP contribution is -2.15. The van der Waals surface area contributed by atoms with Crippen LogP contribution in [0.3, 0.4) is 0 Å². The Morgan fingerprint density at radius 3 is 2.55 bits per heavy atom. The molecule has 0 aromatic carbocycles. The average molecular weight is 172 g/mol. The molecule has 2 nitrogen and oxygen atoms in total. The van der Waals surface area contributed by atoms with Crippen molar-refractivity contribution in [3.63, 3.8) is 0 Å². The Labute approximate surface area is 70.8 Å². The molecule has 0 saturated carbocycles. The summed E-state index contributed by atoms with van der Waals surface area (Å²) in [6.45, 7) is 1.83. The fourth-order valence-corrected chi connectivity index (χ4v) is 0.937. The number of rotatable bonds is 2. The summed E-state index contributed by atoms with van der Waals surface area (Å²) in [5, 5.41) is 8.30. The molecule has 0 amide bonds. The highest BCUT2D eigenvalue weighted by molar-refractivity contribution is 6.22. The van der Waals surface area contributed by atoms with Gasteiger partial charge in [-0.05, 0) is 18.6 Å². The van der Waals surface area contributed by atoms with Crippen molar-refractivity contribution in [2.24, 2.45) is 0 Å². The number of hydrogen-bond acceptors (Lipinski definition) is 2. The molecule has 0 saturated heterocycles. The Balaban J connectivity index is 2.93. The minimum Gasteiger partial charge on any atom is -0.371 e. The number of hydrogen-bond donors (Lipinski definition) is 1. The average Bonchev–Trinajstić information content (AvgIpc) is 2.06. The van der Waals surface area contributed by atoms with Crippen molar-refractivity contribution in [3.8, 4) is 0 Å². The van der Waals surface area contributed by atoms with Gasteiger partial charge in [-0.2, -0.15) is 0 Å². The van der Waals surface area contributed by atoms with Crippen LogP contribution >= 0.6 is 11.6 Å². The van der Waals surface area contributed by atoms with Gasteiger partial charge in [0.15, 0.2) is 5.06 Å². The lowest BCUT2D eigenvalue weighted by atomic mass is 10.1. The summed E-state index contributed by atoms with van der Waals surface area (Å²) >= 11 is 5.77. The third-order valence-electron chi connectivity index (χ3n) is 1.59. The second kappa shape index (κ2) is 3.20. The van der Waals surface area contributed by atoms with Gasteiger partial charge in [0.2, 0.25) is 0 Å². The lowest BCUT2D eigenvalue weighted by Gasteiger charge is -2.17. The predicted octanol–water partition coefficient (Wildman–Crippen LogP) is 1.88. The number of nitrogens with zero attached hydrogens (tertiary/aromatic N) is 1. The molecule has 0 radical (unpaired) electrons. The summed E-state index contributed by atoms with van der Waals surface area (Å²) < 4.78 is 0. The Morgan fingerprint density at radius 2 is 2.09 bits per heavy atom. The van der Waals surface area contributed by atoms with Crippen molar-refractivity contribution in [2.45, 2.75) is 18.4 Å². The Morgan fingerprint density at radius 1 is 1.55 bits per heavy atom. The summed E-state index contributed by atoms with van der Waals surface area (Å²) in [7, 11) is 0. The molecule has 1 heterocycles. The van der Waals surface area contributed by atoms with Crippen molar-refractivity contribution in [2.75, 3.05) is 0 Å². The molecule has 0 aliphatic rings. The van der Waals surface area contributed by atoms with Gasteiger partial charge in [-0.3, -0.25) is 4.98 Å². The van der Waals surface area contributed by atoms with Crippen LogP contribution in [0.1, 0.15) is 18.9 Å². The maximum Gasteiger partial charge on any atom is 0.164 e. The first-order valence-electron chi connectivity index (χ1n) is 3.48. The van der Waals surface area contributed by atoms with Gasteiger partial charge in [-0.1, -0.05) is 18.5 Å². The van der Waals surface area contributed by atoms with E-state index in [1.54, 1.807) is 24.5 Å². The third-order valence-corrected chi connectivity index (χ3v) is 2.08. The van der Waals surface area contributed by atoms with Crippen LogP contribution in [0.4, 0.5) is 0 Å². The summed E-state index contributed by atoms with van der Waals surface area (Å²) in [6, 6.07) is 3.41. The number of aliphatic hydroxyl groups is 1. The summed E-state index contributed by atoms with van der Waals surface area (Å²) in [5.74, 6) is 0. The zero-order valence-electron chi connectivity index (χ0n) is 6.29. The summed E-state index contributed by atoms with van der Waals surface area (Å²) in [4.78, 5) is 3.82. The van der Waals surface area contributed by atoms with Crippen LogP contribution in [-0.4, -0.2) is 10.1 Å². The molecule has 1 rings (SSSR count). The maximum absolute atomic E-state index is 9.53. The lowest BCUT2D eigenvalue weighted by molar-refractivity contribution is 0.124. The topological polar surface area (TPSA) is 33.1 Å². The standard InChI is InChI=1S/C8H10ClNO/c1-2-8(9,11)7-3-5-10-6-4-7/h3-6,11H,2H2,1H3. The van der Waals surface area contributed by atoms with Crippen molar-refractivity contribution >= 4 is 11.6 Å². The quantitative estimate of drug-likeness (QED) is 0.690. The van der Waals surface area contributed by atoms with Crippen molar-refractivity contribution in [3.05, 3.63) is 30.1 Å². The van der Waals surface area contributed by atoms with Crippen molar-refractivity contribution in [1.82, 2.24) is 4.98 Å². The zero-order valence-corrected chi connectivity index (χ0v) is 7.04. The molecular formula is C8H10ClNO. The smallest absolute Gasteiger partial charge is 0.164 e. The van der Waals surface area contributed by atoms with E-state index in [2.05, 4.69) is 4.98 Å². The van der Waals surface area contributed by atoms with Crippen LogP contribution in [0.5, 0.6) is 0 Å². The molecular weight excluding hydrogens is 162 g/mol. The number of halogens is 1.